The van der Waals surface area contributed by atoms with Crippen LogP contribution in [0.4, 0.5) is 0 Å². The molecule has 0 aliphatic carbocycles. The molecule has 2 aromatic rings. The Kier molecular flexibility index (Phi) is 5.02. The fourth-order valence-corrected chi connectivity index (χ4v) is 2.40. The van der Waals surface area contributed by atoms with Gasteiger partial charge in [0, 0.05) is 16.2 Å². The molecule has 0 saturated carbocycles. The topological polar surface area (TPSA) is 42.4 Å². The highest BCUT2D eigenvalue weighted by molar-refractivity contribution is 9.10. The van der Waals surface area contributed by atoms with Gasteiger partial charge >= 0.3 is 0 Å². The zero-order valence-corrected chi connectivity index (χ0v) is 13.6. The number of hydrogen-bond donors (Lipinski definition) is 1. The number of rotatable bonds is 4. The number of hydrogen-bond acceptors (Lipinski definition) is 3. The number of aliphatic hydroxyl groups excluding tert-OH is 1. The summed E-state index contributed by atoms with van der Waals surface area (Å²) in [5.74, 6) is 1.22. The Morgan fingerprint density at radius 2 is 2.05 bits per heavy atom. The second-order valence-electron chi connectivity index (χ2n) is 4.73. The Morgan fingerprint density at radius 1 is 1.30 bits per heavy atom. The summed E-state index contributed by atoms with van der Waals surface area (Å²) < 4.78 is 6.61. The van der Waals surface area contributed by atoms with E-state index in [1.807, 2.05) is 26.0 Å². The summed E-state index contributed by atoms with van der Waals surface area (Å²) >= 11 is 9.47. The first kappa shape index (κ1) is 15.3. The van der Waals surface area contributed by atoms with Crippen molar-refractivity contribution < 1.29 is 9.84 Å². The van der Waals surface area contributed by atoms with Gasteiger partial charge < -0.3 is 9.84 Å². The normalized spacial score (nSPS) is 10.9. The van der Waals surface area contributed by atoms with E-state index in [4.69, 9.17) is 16.3 Å². The summed E-state index contributed by atoms with van der Waals surface area (Å²) in [6, 6.07) is 8.97. The molecule has 3 nitrogen and oxygen atoms in total. The van der Waals surface area contributed by atoms with Crippen LogP contribution in [0.2, 0.25) is 5.02 Å². The van der Waals surface area contributed by atoms with E-state index in [1.165, 1.54) is 0 Å². The Hall–Kier alpha value is -1.10. The third-order valence-electron chi connectivity index (χ3n) is 2.76. The molecule has 0 saturated heterocycles. The van der Waals surface area contributed by atoms with Gasteiger partial charge in [0.1, 0.15) is 5.75 Å². The highest BCUT2D eigenvalue weighted by Gasteiger charge is 2.09. The van der Waals surface area contributed by atoms with Gasteiger partial charge in [-0.2, -0.15) is 0 Å². The van der Waals surface area contributed by atoms with Crippen molar-refractivity contribution in [1.82, 2.24) is 4.98 Å². The summed E-state index contributed by atoms with van der Waals surface area (Å²) in [4.78, 5) is 4.44. The van der Waals surface area contributed by atoms with E-state index >= 15 is 0 Å². The van der Waals surface area contributed by atoms with Crippen molar-refractivity contribution in [2.45, 2.75) is 26.4 Å². The number of pyridine rings is 1. The molecular weight excluding hydrogens is 342 g/mol. The van der Waals surface area contributed by atoms with Gasteiger partial charge in [-0.15, -0.1) is 0 Å². The third-order valence-corrected chi connectivity index (χ3v) is 3.55. The van der Waals surface area contributed by atoms with Crippen molar-refractivity contribution in [3.63, 3.8) is 0 Å². The van der Waals surface area contributed by atoms with E-state index in [0.29, 0.717) is 16.7 Å². The van der Waals surface area contributed by atoms with Crippen LogP contribution in [0.15, 0.2) is 34.8 Å². The molecular formula is C15H15BrClNO2. The van der Waals surface area contributed by atoms with Crippen LogP contribution in [-0.2, 0) is 6.61 Å². The smallest absolute Gasteiger partial charge is 0.219 e. The van der Waals surface area contributed by atoms with Crippen LogP contribution < -0.4 is 4.74 Å². The van der Waals surface area contributed by atoms with Crippen LogP contribution in [-0.4, -0.2) is 10.1 Å². The molecule has 0 amide bonds. The largest absolute Gasteiger partial charge is 0.437 e. The maximum atomic E-state index is 9.31. The predicted molar refractivity (Wildman–Crippen MR) is 83.5 cm³/mol. The molecule has 0 unspecified atom stereocenters. The lowest BCUT2D eigenvalue weighted by atomic mass is 10.1. The Bertz CT molecular complexity index is 617. The monoisotopic (exact) mass is 355 g/mol. The van der Waals surface area contributed by atoms with Gasteiger partial charge in [-0.3, -0.25) is 0 Å². The van der Waals surface area contributed by atoms with E-state index in [-0.39, 0.29) is 12.5 Å². The fourth-order valence-electron chi connectivity index (χ4n) is 1.69. The first-order valence-electron chi connectivity index (χ1n) is 6.24. The van der Waals surface area contributed by atoms with E-state index in [2.05, 4.69) is 20.9 Å². The van der Waals surface area contributed by atoms with Gasteiger partial charge in [-0.05, 0) is 35.7 Å². The van der Waals surface area contributed by atoms with E-state index in [0.717, 1.165) is 15.7 Å². The van der Waals surface area contributed by atoms with Crippen molar-refractivity contribution in [3.8, 4) is 11.6 Å². The van der Waals surface area contributed by atoms with Crippen LogP contribution >= 0.6 is 27.5 Å². The van der Waals surface area contributed by atoms with Crippen molar-refractivity contribution in [1.29, 1.82) is 0 Å². The van der Waals surface area contributed by atoms with E-state index < -0.39 is 0 Å². The van der Waals surface area contributed by atoms with Gasteiger partial charge in [0.05, 0.1) is 11.6 Å². The molecule has 106 valence electrons. The lowest BCUT2D eigenvalue weighted by molar-refractivity contribution is 0.280. The van der Waals surface area contributed by atoms with Crippen LogP contribution in [0.3, 0.4) is 0 Å². The first-order valence-corrected chi connectivity index (χ1v) is 7.41. The summed E-state index contributed by atoms with van der Waals surface area (Å²) in [6.45, 7) is 4.03. The Morgan fingerprint density at radius 3 is 2.65 bits per heavy atom. The minimum absolute atomic E-state index is 0.0489. The maximum Gasteiger partial charge on any atom is 0.219 e. The predicted octanol–water partition coefficient (Wildman–Crippen LogP) is 4.91. The first-order chi connectivity index (χ1) is 9.49. The summed E-state index contributed by atoms with van der Waals surface area (Å²) in [5.41, 5.74) is 1.65. The maximum absolute atomic E-state index is 9.31. The van der Waals surface area contributed by atoms with Crippen LogP contribution in [0, 0.1) is 0 Å². The summed E-state index contributed by atoms with van der Waals surface area (Å²) in [6.07, 6.45) is 0. The minimum atomic E-state index is -0.0489. The number of halogens is 2. The molecule has 0 spiro atoms. The average molecular weight is 357 g/mol. The van der Waals surface area contributed by atoms with Crippen LogP contribution in [0.1, 0.15) is 31.0 Å². The molecule has 1 N–H and O–H groups in total. The molecule has 1 aromatic carbocycles. The van der Waals surface area contributed by atoms with Crippen molar-refractivity contribution in [3.05, 3.63) is 51.1 Å². The number of benzene rings is 1. The van der Waals surface area contributed by atoms with Gasteiger partial charge in [0.15, 0.2) is 0 Å². The summed E-state index contributed by atoms with van der Waals surface area (Å²) in [7, 11) is 0. The highest BCUT2D eigenvalue weighted by Crippen LogP contribution is 2.32. The zero-order valence-electron chi connectivity index (χ0n) is 11.2. The third kappa shape index (κ3) is 3.72. The lowest BCUT2D eigenvalue weighted by Crippen LogP contribution is -1.99. The molecule has 0 bridgehead atoms. The second-order valence-corrected chi connectivity index (χ2v) is 6.05. The van der Waals surface area contributed by atoms with Gasteiger partial charge in [-0.1, -0.05) is 41.4 Å². The van der Waals surface area contributed by atoms with Crippen molar-refractivity contribution >= 4 is 27.5 Å². The van der Waals surface area contributed by atoms with Crippen LogP contribution in [0.5, 0.6) is 11.6 Å². The second kappa shape index (κ2) is 6.57. The quantitative estimate of drug-likeness (QED) is 0.846. The number of nitrogens with zero attached hydrogens (tertiary/aromatic N) is 1. The standard InChI is InChI=1S/C15H15BrClNO2/c1-9(2)13-5-10(8-19)6-15(18-13)20-14-4-3-11(16)7-12(14)17/h3-7,9,19H,8H2,1-2H3. The molecule has 0 aliphatic heterocycles. The molecule has 0 atom stereocenters. The van der Waals surface area contributed by atoms with Crippen LogP contribution in [0.25, 0.3) is 0 Å². The molecule has 0 fully saturated rings. The summed E-state index contributed by atoms with van der Waals surface area (Å²) in [5, 5.41) is 9.81. The highest BCUT2D eigenvalue weighted by atomic mass is 79.9. The number of ether oxygens (including phenoxy) is 1. The SMILES string of the molecule is CC(C)c1cc(CO)cc(Oc2ccc(Br)cc2Cl)n1. The Balaban J connectivity index is 2.34. The molecule has 20 heavy (non-hydrogen) atoms. The minimum Gasteiger partial charge on any atom is -0.437 e. The molecule has 1 aromatic heterocycles. The van der Waals surface area contributed by atoms with Gasteiger partial charge in [0.2, 0.25) is 5.88 Å². The number of aromatic nitrogens is 1. The average Bonchev–Trinajstić information content (AvgIpc) is 2.41. The van der Waals surface area contributed by atoms with Crippen molar-refractivity contribution in [2.24, 2.45) is 0 Å². The Labute approximate surface area is 131 Å². The van der Waals surface area contributed by atoms with Crippen molar-refractivity contribution in [2.75, 3.05) is 0 Å². The zero-order chi connectivity index (χ0) is 14.7. The van der Waals surface area contributed by atoms with Gasteiger partial charge in [-0.25, -0.2) is 4.98 Å². The molecule has 0 aliphatic rings. The number of aliphatic hydroxyl groups is 1. The fraction of sp³-hybridized carbons (Fsp3) is 0.267. The molecule has 1 heterocycles. The lowest BCUT2D eigenvalue weighted by Gasteiger charge is -2.12. The molecule has 5 heteroatoms. The van der Waals surface area contributed by atoms with E-state index in [1.54, 1.807) is 18.2 Å². The molecule has 0 radical (unpaired) electrons. The van der Waals surface area contributed by atoms with Gasteiger partial charge in [0.25, 0.3) is 0 Å². The van der Waals surface area contributed by atoms with E-state index in [9.17, 15) is 5.11 Å². The molecule has 2 rings (SSSR count).